The van der Waals surface area contributed by atoms with Gasteiger partial charge in [0.15, 0.2) is 0 Å². The van der Waals surface area contributed by atoms with Gasteiger partial charge in [0.25, 0.3) is 0 Å². The Labute approximate surface area is 200 Å². The first-order valence-electron chi connectivity index (χ1n) is 12.0. The molecule has 1 fully saturated rings. The van der Waals surface area contributed by atoms with Crippen LogP contribution in [0.1, 0.15) is 42.4 Å². The number of benzene rings is 2. The highest BCUT2D eigenvalue weighted by Gasteiger charge is 2.32. The van der Waals surface area contributed by atoms with Gasteiger partial charge in [0, 0.05) is 43.6 Å². The van der Waals surface area contributed by atoms with E-state index in [0.717, 1.165) is 36.1 Å². The van der Waals surface area contributed by atoms with E-state index in [1.807, 2.05) is 47.2 Å². The molecule has 2 aromatic carbocycles. The summed E-state index contributed by atoms with van der Waals surface area (Å²) in [5.74, 6) is -0.252. The summed E-state index contributed by atoms with van der Waals surface area (Å²) in [7, 11) is -3.54. The van der Waals surface area contributed by atoms with Crippen molar-refractivity contribution in [3.63, 3.8) is 0 Å². The van der Waals surface area contributed by atoms with Crippen LogP contribution in [-0.2, 0) is 34.2 Å². The molecule has 0 saturated carbocycles. The molecule has 0 radical (unpaired) electrons. The molecule has 0 bridgehead atoms. The standard InChI is InChI=1S/C26H30N4O3S/c31-26(28-24-7-3-4-20(16-24)18-29-15-12-27-19-29)22-10-13-30(14-11-22)34(32,33)25-9-8-21-5-1-2-6-23(21)17-25/h3-4,7-9,12,15-17,19,22H,1-2,5-6,10-11,13-14,18H2,(H,28,31). The largest absolute Gasteiger partial charge is 0.333 e. The van der Waals surface area contributed by atoms with Gasteiger partial charge in [-0.15, -0.1) is 0 Å². The monoisotopic (exact) mass is 478 g/mol. The first-order valence-corrected chi connectivity index (χ1v) is 13.4. The van der Waals surface area contributed by atoms with E-state index >= 15 is 0 Å². The van der Waals surface area contributed by atoms with E-state index in [4.69, 9.17) is 0 Å². The van der Waals surface area contributed by atoms with Crippen molar-refractivity contribution in [2.24, 2.45) is 5.92 Å². The van der Waals surface area contributed by atoms with Gasteiger partial charge >= 0.3 is 0 Å². The number of amides is 1. The number of nitrogens with zero attached hydrogens (tertiary/aromatic N) is 3. The third-order valence-electron chi connectivity index (χ3n) is 6.90. The summed E-state index contributed by atoms with van der Waals surface area (Å²) in [6.45, 7) is 1.40. The van der Waals surface area contributed by atoms with Crippen molar-refractivity contribution in [3.8, 4) is 0 Å². The third kappa shape index (κ3) is 4.93. The summed E-state index contributed by atoms with van der Waals surface area (Å²) in [5.41, 5.74) is 4.26. The number of fused-ring (bicyclic) bond motifs is 1. The number of nitrogens with one attached hydrogen (secondary N) is 1. The van der Waals surface area contributed by atoms with Gasteiger partial charge in [0.2, 0.25) is 15.9 Å². The second-order valence-electron chi connectivity index (χ2n) is 9.24. The Kier molecular flexibility index (Phi) is 6.52. The second-order valence-corrected chi connectivity index (χ2v) is 11.2. The van der Waals surface area contributed by atoms with E-state index in [1.165, 1.54) is 16.3 Å². The molecule has 7 nitrogen and oxygen atoms in total. The van der Waals surface area contributed by atoms with Crippen LogP contribution in [0.4, 0.5) is 5.69 Å². The third-order valence-corrected chi connectivity index (χ3v) is 8.80. The molecule has 0 atom stereocenters. The maximum atomic E-state index is 13.2. The highest BCUT2D eigenvalue weighted by atomic mass is 32.2. The topological polar surface area (TPSA) is 84.3 Å². The zero-order chi connectivity index (χ0) is 23.5. The maximum Gasteiger partial charge on any atom is 0.243 e. The summed E-state index contributed by atoms with van der Waals surface area (Å²) < 4.78 is 30.0. The molecule has 3 aromatic rings. The van der Waals surface area contributed by atoms with Crippen molar-refractivity contribution in [2.45, 2.75) is 50.0 Å². The van der Waals surface area contributed by atoms with Crippen LogP contribution < -0.4 is 5.32 Å². The first-order chi connectivity index (χ1) is 16.5. The molecule has 1 saturated heterocycles. The van der Waals surface area contributed by atoms with E-state index < -0.39 is 10.0 Å². The molecule has 5 rings (SSSR count). The Balaban J connectivity index is 1.19. The van der Waals surface area contributed by atoms with Crippen LogP contribution in [-0.4, -0.2) is 41.3 Å². The smallest absolute Gasteiger partial charge is 0.243 e. The van der Waals surface area contributed by atoms with Crippen molar-refractivity contribution in [1.29, 1.82) is 0 Å². The minimum Gasteiger partial charge on any atom is -0.333 e. The van der Waals surface area contributed by atoms with Gasteiger partial charge in [-0.25, -0.2) is 13.4 Å². The van der Waals surface area contributed by atoms with E-state index in [9.17, 15) is 13.2 Å². The lowest BCUT2D eigenvalue weighted by Gasteiger charge is -2.31. The van der Waals surface area contributed by atoms with Crippen LogP contribution in [0.25, 0.3) is 0 Å². The normalized spacial score (nSPS) is 17.3. The molecule has 178 valence electrons. The Morgan fingerprint density at radius 3 is 2.59 bits per heavy atom. The average Bonchev–Trinajstić information content (AvgIpc) is 3.37. The number of carbonyl (C=O) groups excluding carboxylic acids is 1. The molecular formula is C26H30N4O3S. The predicted molar refractivity (Wildman–Crippen MR) is 131 cm³/mol. The lowest BCUT2D eigenvalue weighted by molar-refractivity contribution is -0.120. The number of rotatable bonds is 6. The lowest BCUT2D eigenvalue weighted by Crippen LogP contribution is -2.41. The van der Waals surface area contributed by atoms with Crippen LogP contribution in [0.5, 0.6) is 0 Å². The Bertz CT molecular complexity index is 1260. The number of hydrogen-bond acceptors (Lipinski definition) is 4. The number of sulfonamides is 1. The molecule has 1 amide bonds. The van der Waals surface area contributed by atoms with E-state index in [0.29, 0.717) is 37.4 Å². The molecule has 34 heavy (non-hydrogen) atoms. The summed E-state index contributed by atoms with van der Waals surface area (Å²) in [5, 5.41) is 3.02. The molecule has 1 N–H and O–H groups in total. The van der Waals surface area contributed by atoms with Gasteiger partial charge in [0.1, 0.15) is 0 Å². The fraction of sp³-hybridized carbons (Fsp3) is 0.385. The number of piperidine rings is 1. The van der Waals surface area contributed by atoms with Crippen molar-refractivity contribution < 1.29 is 13.2 Å². The highest BCUT2D eigenvalue weighted by Crippen LogP contribution is 2.28. The van der Waals surface area contributed by atoms with Gasteiger partial charge in [0.05, 0.1) is 11.2 Å². The van der Waals surface area contributed by atoms with Crippen LogP contribution in [0.3, 0.4) is 0 Å². The predicted octanol–water partition coefficient (Wildman–Crippen LogP) is 3.85. The molecular weight excluding hydrogens is 448 g/mol. The van der Waals surface area contributed by atoms with E-state index in [2.05, 4.69) is 10.3 Å². The zero-order valence-corrected chi connectivity index (χ0v) is 20.0. The molecule has 1 aromatic heterocycles. The summed E-state index contributed by atoms with van der Waals surface area (Å²) in [4.78, 5) is 17.3. The van der Waals surface area contributed by atoms with E-state index in [-0.39, 0.29) is 11.8 Å². The average molecular weight is 479 g/mol. The Morgan fingerprint density at radius 1 is 1.03 bits per heavy atom. The van der Waals surface area contributed by atoms with Crippen molar-refractivity contribution in [2.75, 3.05) is 18.4 Å². The lowest BCUT2D eigenvalue weighted by atomic mass is 9.92. The fourth-order valence-electron chi connectivity index (χ4n) is 4.96. The van der Waals surface area contributed by atoms with Crippen LogP contribution in [0, 0.1) is 5.92 Å². The van der Waals surface area contributed by atoms with Crippen molar-refractivity contribution in [1.82, 2.24) is 13.9 Å². The second kappa shape index (κ2) is 9.72. The van der Waals surface area contributed by atoms with Gasteiger partial charge < -0.3 is 9.88 Å². The van der Waals surface area contributed by atoms with Crippen LogP contribution in [0.15, 0.2) is 66.1 Å². The van der Waals surface area contributed by atoms with Gasteiger partial charge in [-0.3, -0.25) is 4.79 Å². The van der Waals surface area contributed by atoms with Crippen LogP contribution >= 0.6 is 0 Å². The quantitative estimate of drug-likeness (QED) is 0.583. The van der Waals surface area contributed by atoms with Crippen molar-refractivity contribution >= 4 is 21.6 Å². The number of aromatic nitrogens is 2. The summed E-state index contributed by atoms with van der Waals surface area (Å²) in [6.07, 6.45) is 10.7. The Hall–Kier alpha value is -2.97. The Morgan fingerprint density at radius 2 is 1.82 bits per heavy atom. The zero-order valence-electron chi connectivity index (χ0n) is 19.2. The van der Waals surface area contributed by atoms with Crippen molar-refractivity contribution in [3.05, 3.63) is 77.9 Å². The number of carbonyl (C=O) groups is 1. The first kappa shape index (κ1) is 22.8. The van der Waals surface area contributed by atoms with Gasteiger partial charge in [-0.05, 0) is 79.5 Å². The number of anilines is 1. The minimum absolute atomic E-state index is 0.0504. The van der Waals surface area contributed by atoms with E-state index in [1.54, 1.807) is 18.6 Å². The van der Waals surface area contributed by atoms with Gasteiger partial charge in [-0.1, -0.05) is 18.2 Å². The van der Waals surface area contributed by atoms with Crippen LogP contribution in [0.2, 0.25) is 0 Å². The molecule has 1 aliphatic heterocycles. The summed E-state index contributed by atoms with van der Waals surface area (Å²) in [6, 6.07) is 13.4. The highest BCUT2D eigenvalue weighted by molar-refractivity contribution is 7.89. The SMILES string of the molecule is O=C(Nc1cccc(Cn2ccnc2)c1)C1CCN(S(=O)(=O)c2ccc3c(c2)CCCC3)CC1. The summed E-state index contributed by atoms with van der Waals surface area (Å²) >= 11 is 0. The molecule has 2 heterocycles. The fourth-order valence-corrected chi connectivity index (χ4v) is 6.48. The number of imidazole rings is 1. The number of hydrogen-bond donors (Lipinski definition) is 1. The molecule has 0 unspecified atom stereocenters. The minimum atomic E-state index is -3.54. The maximum absolute atomic E-state index is 13.2. The molecule has 1 aliphatic carbocycles. The molecule has 0 spiro atoms. The van der Waals surface area contributed by atoms with Gasteiger partial charge in [-0.2, -0.15) is 4.31 Å². The molecule has 8 heteroatoms. The number of aryl methyl sites for hydroxylation is 2. The molecule has 2 aliphatic rings.